The third kappa shape index (κ3) is 2.38. The fourth-order valence-corrected chi connectivity index (χ4v) is 1.76. The van der Waals surface area contributed by atoms with Crippen molar-refractivity contribution in [1.29, 1.82) is 0 Å². The molecule has 0 unspecified atom stereocenters. The molecule has 0 fully saturated rings. The molecule has 1 aliphatic rings. The van der Waals surface area contributed by atoms with Gasteiger partial charge >= 0.3 is 6.18 Å². The van der Waals surface area contributed by atoms with Crippen molar-refractivity contribution in [3.63, 3.8) is 0 Å². The van der Waals surface area contributed by atoms with Gasteiger partial charge in [0.05, 0.1) is 6.42 Å². The van der Waals surface area contributed by atoms with Gasteiger partial charge in [-0.3, -0.25) is 4.79 Å². The summed E-state index contributed by atoms with van der Waals surface area (Å²) in [4.78, 5) is 11.4. The van der Waals surface area contributed by atoms with Gasteiger partial charge in [0.2, 0.25) is 0 Å². The normalized spacial score (nSPS) is 16.2. The molecular weight excluding hydrogens is 320 g/mol. The number of hydrogen-bond acceptors (Lipinski definition) is 2. The van der Waals surface area contributed by atoms with Gasteiger partial charge in [-0.2, -0.15) is 23.3 Å². The number of anilines is 1. The number of hydrazone groups is 1. The van der Waals surface area contributed by atoms with E-state index >= 15 is 0 Å². The second-order valence-corrected chi connectivity index (χ2v) is 4.44. The Kier molecular flexibility index (Phi) is 3.14. The number of rotatable bonds is 1. The molecule has 1 amide bonds. The van der Waals surface area contributed by atoms with Gasteiger partial charge in [0, 0.05) is 4.47 Å². The van der Waals surface area contributed by atoms with Crippen molar-refractivity contribution in [3.05, 3.63) is 28.5 Å². The van der Waals surface area contributed by atoms with Crippen molar-refractivity contribution < 1.29 is 22.4 Å². The van der Waals surface area contributed by atoms with E-state index in [4.69, 9.17) is 0 Å². The number of hydrogen-bond donors (Lipinski definition) is 0. The van der Waals surface area contributed by atoms with Gasteiger partial charge in [0.25, 0.3) is 5.91 Å². The highest BCUT2D eigenvalue weighted by Gasteiger charge is 2.43. The summed E-state index contributed by atoms with van der Waals surface area (Å²) in [6.45, 7) is 0. The van der Waals surface area contributed by atoms with Gasteiger partial charge < -0.3 is 0 Å². The van der Waals surface area contributed by atoms with Crippen LogP contribution in [0.1, 0.15) is 6.42 Å². The lowest BCUT2D eigenvalue weighted by atomic mass is 10.2. The van der Waals surface area contributed by atoms with Crippen molar-refractivity contribution in [1.82, 2.24) is 0 Å². The van der Waals surface area contributed by atoms with Crippen LogP contribution in [0.15, 0.2) is 27.8 Å². The van der Waals surface area contributed by atoms with Crippen molar-refractivity contribution in [3.8, 4) is 0 Å². The maximum Gasteiger partial charge on any atom is 0.431 e. The molecule has 0 aliphatic carbocycles. The van der Waals surface area contributed by atoms with E-state index in [0.717, 1.165) is 6.07 Å². The number of amides is 1. The van der Waals surface area contributed by atoms with E-state index in [1.807, 2.05) is 0 Å². The zero-order valence-electron chi connectivity index (χ0n) is 8.63. The lowest BCUT2D eigenvalue weighted by Gasteiger charge is -2.12. The summed E-state index contributed by atoms with van der Waals surface area (Å²) in [7, 11) is 0. The molecule has 18 heavy (non-hydrogen) atoms. The molecule has 0 radical (unpaired) electrons. The molecule has 0 N–H and O–H groups in total. The summed E-state index contributed by atoms with van der Waals surface area (Å²) >= 11 is 3.00. The highest BCUT2D eigenvalue weighted by Crippen LogP contribution is 2.30. The van der Waals surface area contributed by atoms with Crippen molar-refractivity contribution in [2.75, 3.05) is 5.01 Å². The van der Waals surface area contributed by atoms with E-state index in [1.54, 1.807) is 0 Å². The molecular formula is C10H5BrF4N2O. The van der Waals surface area contributed by atoms with Crippen LogP contribution in [0.4, 0.5) is 23.2 Å². The number of benzene rings is 1. The lowest BCUT2D eigenvalue weighted by molar-refractivity contribution is -0.117. The van der Waals surface area contributed by atoms with Crippen LogP contribution in [0.2, 0.25) is 0 Å². The largest absolute Gasteiger partial charge is 0.431 e. The summed E-state index contributed by atoms with van der Waals surface area (Å²) in [6.07, 6.45) is -5.56. The minimum atomic E-state index is -4.68. The summed E-state index contributed by atoms with van der Waals surface area (Å²) in [5, 5.41) is 3.56. The Hall–Kier alpha value is -1.44. The van der Waals surface area contributed by atoms with Gasteiger partial charge in [-0.25, -0.2) is 4.39 Å². The number of carbonyl (C=O) groups is 1. The molecule has 0 bridgehead atoms. The summed E-state index contributed by atoms with van der Waals surface area (Å²) in [6, 6.07) is 3.64. The number of nitrogens with zero attached hydrogens (tertiary/aromatic N) is 2. The highest BCUT2D eigenvalue weighted by molar-refractivity contribution is 9.10. The van der Waals surface area contributed by atoms with Gasteiger partial charge in [0.1, 0.15) is 11.5 Å². The Bertz CT molecular complexity index is 541. The van der Waals surface area contributed by atoms with E-state index in [2.05, 4.69) is 21.0 Å². The molecule has 96 valence electrons. The quantitative estimate of drug-likeness (QED) is 0.730. The fraction of sp³-hybridized carbons (Fsp3) is 0.200. The van der Waals surface area contributed by atoms with Crippen LogP contribution in [-0.2, 0) is 4.79 Å². The predicted molar refractivity (Wildman–Crippen MR) is 59.7 cm³/mol. The average molecular weight is 325 g/mol. The third-order valence-corrected chi connectivity index (χ3v) is 2.73. The van der Waals surface area contributed by atoms with Crippen molar-refractivity contribution >= 4 is 33.2 Å². The van der Waals surface area contributed by atoms with Crippen LogP contribution in [0, 0.1) is 5.82 Å². The molecule has 1 heterocycles. The summed E-state index contributed by atoms with van der Waals surface area (Å²) in [5.74, 6) is -1.74. The van der Waals surface area contributed by atoms with Crippen LogP contribution in [-0.4, -0.2) is 17.8 Å². The fourth-order valence-electron chi connectivity index (χ4n) is 1.43. The average Bonchev–Trinajstić information content (AvgIpc) is 2.60. The number of carbonyl (C=O) groups excluding carboxylic acids is 1. The van der Waals surface area contributed by atoms with Crippen LogP contribution in [0.25, 0.3) is 0 Å². The molecule has 1 aromatic carbocycles. The lowest BCUT2D eigenvalue weighted by Crippen LogP contribution is -2.22. The molecule has 0 aromatic heterocycles. The number of halogens is 5. The van der Waals surface area contributed by atoms with Gasteiger partial charge in [-0.1, -0.05) is 15.9 Å². The van der Waals surface area contributed by atoms with Gasteiger partial charge in [-0.15, -0.1) is 0 Å². The first-order valence-corrected chi connectivity index (χ1v) is 5.51. The monoisotopic (exact) mass is 324 g/mol. The second-order valence-electron chi connectivity index (χ2n) is 3.52. The minimum absolute atomic E-state index is 0.303. The zero-order chi connectivity index (χ0) is 13.5. The first-order chi connectivity index (χ1) is 8.29. The van der Waals surface area contributed by atoms with Crippen molar-refractivity contribution in [2.45, 2.75) is 12.6 Å². The second kappa shape index (κ2) is 4.34. The SMILES string of the molecule is O=C1CC(C(F)(F)F)=NN1c1ccc(Br)cc1F. The van der Waals surface area contributed by atoms with E-state index in [1.165, 1.54) is 12.1 Å². The molecule has 0 saturated carbocycles. The molecule has 1 aliphatic heterocycles. The molecule has 0 saturated heterocycles. The third-order valence-electron chi connectivity index (χ3n) is 2.24. The predicted octanol–water partition coefficient (Wildman–Crippen LogP) is 3.24. The Balaban J connectivity index is 2.40. The van der Waals surface area contributed by atoms with Crippen LogP contribution >= 0.6 is 15.9 Å². The first-order valence-electron chi connectivity index (χ1n) is 4.71. The van der Waals surface area contributed by atoms with Gasteiger partial charge in [0.15, 0.2) is 5.71 Å². The Labute approximate surface area is 107 Å². The van der Waals surface area contributed by atoms with Crippen LogP contribution in [0.3, 0.4) is 0 Å². The van der Waals surface area contributed by atoms with E-state index in [-0.39, 0.29) is 5.69 Å². The maximum absolute atomic E-state index is 13.5. The Morgan fingerprint density at radius 2 is 2.00 bits per heavy atom. The van der Waals surface area contributed by atoms with Crippen LogP contribution < -0.4 is 5.01 Å². The van der Waals surface area contributed by atoms with Crippen LogP contribution in [0.5, 0.6) is 0 Å². The van der Waals surface area contributed by atoms with Gasteiger partial charge in [-0.05, 0) is 18.2 Å². The molecule has 8 heteroatoms. The Morgan fingerprint density at radius 3 is 2.50 bits per heavy atom. The summed E-state index contributed by atoms with van der Waals surface area (Å²) in [5.41, 5.74) is -1.53. The summed E-state index contributed by atoms with van der Waals surface area (Å²) < 4.78 is 51.1. The smallest absolute Gasteiger partial charge is 0.272 e. The molecule has 2 rings (SSSR count). The van der Waals surface area contributed by atoms with E-state index in [0.29, 0.717) is 9.48 Å². The molecule has 0 spiro atoms. The molecule has 3 nitrogen and oxygen atoms in total. The topological polar surface area (TPSA) is 32.7 Å². The van der Waals surface area contributed by atoms with E-state index in [9.17, 15) is 22.4 Å². The number of alkyl halides is 3. The standard InChI is InChI=1S/C10H5BrF4N2O/c11-5-1-2-7(6(12)3-5)17-9(18)4-8(16-17)10(13,14)15/h1-3H,4H2. The van der Waals surface area contributed by atoms with Crippen molar-refractivity contribution in [2.24, 2.45) is 5.10 Å². The molecule has 0 atom stereocenters. The maximum atomic E-state index is 13.5. The zero-order valence-corrected chi connectivity index (χ0v) is 10.2. The van der Waals surface area contributed by atoms with E-state index < -0.39 is 30.0 Å². The molecule has 1 aromatic rings. The minimum Gasteiger partial charge on any atom is -0.272 e. The first kappa shape index (κ1) is 13.0. The highest BCUT2D eigenvalue weighted by atomic mass is 79.9. The Morgan fingerprint density at radius 1 is 1.33 bits per heavy atom.